The van der Waals surface area contributed by atoms with Crippen molar-refractivity contribution in [3.05, 3.63) is 29.8 Å². The lowest BCUT2D eigenvalue weighted by molar-refractivity contribution is -0.169. The minimum Gasteiger partial charge on any atom is -0.490 e. The number of nitrogens with zero attached hydrogens (tertiary/aromatic N) is 2. The molecule has 3 rings (SSSR count). The molecule has 0 aliphatic carbocycles. The predicted molar refractivity (Wildman–Crippen MR) is 161 cm³/mol. The number of nitrogens with two attached hydrogens (primary N) is 1. The molecule has 4 N–H and O–H groups in total. The summed E-state index contributed by atoms with van der Waals surface area (Å²) < 4.78 is 22.2. The second-order valence-electron chi connectivity index (χ2n) is 13.3. The summed E-state index contributed by atoms with van der Waals surface area (Å²) in [7, 11) is 0. The van der Waals surface area contributed by atoms with E-state index >= 15 is 0 Å². The van der Waals surface area contributed by atoms with Crippen molar-refractivity contribution < 1.29 is 43.2 Å². The molecule has 44 heavy (non-hydrogen) atoms. The summed E-state index contributed by atoms with van der Waals surface area (Å²) in [6.07, 6.45) is -0.00408. The molecule has 2 fully saturated rings. The minimum atomic E-state index is -2.24. The highest BCUT2D eigenvalue weighted by Crippen LogP contribution is 2.22. The molecule has 1 aromatic carbocycles. The summed E-state index contributed by atoms with van der Waals surface area (Å²) in [5, 5.41) is 12.9. The Labute approximate surface area is 259 Å². The third-order valence-electron chi connectivity index (χ3n) is 7.11. The molecule has 2 saturated heterocycles. The van der Waals surface area contributed by atoms with Crippen molar-refractivity contribution in [2.45, 2.75) is 89.7 Å². The normalized spacial score (nSPS) is 19.9. The number of carboxylic acid groups (broad SMARTS) is 1. The number of ether oxygens (including phenoxy) is 4. The van der Waals surface area contributed by atoms with Crippen LogP contribution in [-0.2, 0) is 35.0 Å². The predicted octanol–water partition coefficient (Wildman–Crippen LogP) is 1.95. The van der Waals surface area contributed by atoms with E-state index in [-0.39, 0.29) is 25.0 Å². The highest BCUT2D eigenvalue weighted by atomic mass is 16.6. The van der Waals surface area contributed by atoms with Gasteiger partial charge in [-0.1, -0.05) is 12.1 Å². The molecule has 0 aromatic heterocycles. The number of carbonyl (C=O) groups excluding carboxylic acids is 3. The first-order valence-electron chi connectivity index (χ1n) is 15.1. The lowest BCUT2D eigenvalue weighted by Crippen LogP contribution is -2.58. The fourth-order valence-electron chi connectivity index (χ4n) is 4.95. The van der Waals surface area contributed by atoms with E-state index in [2.05, 4.69) is 10.2 Å². The first-order valence-corrected chi connectivity index (χ1v) is 15.1. The third-order valence-corrected chi connectivity index (χ3v) is 7.11. The number of aliphatic carboxylic acids is 1. The van der Waals surface area contributed by atoms with Gasteiger partial charge in [0, 0.05) is 39.1 Å². The molecule has 246 valence electrons. The number of carbonyl (C=O) groups is 4. The number of benzene rings is 1. The van der Waals surface area contributed by atoms with E-state index in [9.17, 15) is 24.3 Å². The van der Waals surface area contributed by atoms with E-state index < -0.39 is 40.9 Å². The van der Waals surface area contributed by atoms with E-state index in [0.29, 0.717) is 37.2 Å². The van der Waals surface area contributed by atoms with Gasteiger partial charge in [-0.25, -0.2) is 14.4 Å². The van der Waals surface area contributed by atoms with Crippen molar-refractivity contribution in [3.8, 4) is 5.75 Å². The molecule has 1 amide bonds. The van der Waals surface area contributed by atoms with Crippen molar-refractivity contribution in [3.63, 3.8) is 0 Å². The van der Waals surface area contributed by atoms with Crippen LogP contribution in [0.4, 0.5) is 4.79 Å². The summed E-state index contributed by atoms with van der Waals surface area (Å²) in [5.41, 5.74) is 2.77. The zero-order valence-corrected chi connectivity index (χ0v) is 26.7. The van der Waals surface area contributed by atoms with Crippen LogP contribution in [0.3, 0.4) is 0 Å². The van der Waals surface area contributed by atoms with Gasteiger partial charge in [-0.05, 0) is 72.1 Å². The van der Waals surface area contributed by atoms with Crippen molar-refractivity contribution in [1.29, 1.82) is 0 Å². The summed E-state index contributed by atoms with van der Waals surface area (Å²) in [6.45, 7) is 14.5. The van der Waals surface area contributed by atoms with E-state index in [1.807, 2.05) is 20.8 Å². The molecule has 0 spiro atoms. The van der Waals surface area contributed by atoms with Crippen molar-refractivity contribution >= 4 is 24.0 Å². The van der Waals surface area contributed by atoms with Crippen LogP contribution in [0, 0.1) is 0 Å². The number of hydrogen-bond acceptors (Lipinski definition) is 11. The largest absolute Gasteiger partial charge is 0.490 e. The van der Waals surface area contributed by atoms with Gasteiger partial charge in [0.05, 0.1) is 6.54 Å². The topological polar surface area (TPSA) is 170 Å². The highest BCUT2D eigenvalue weighted by molar-refractivity contribution is 6.04. The van der Waals surface area contributed by atoms with Gasteiger partial charge in [0.1, 0.15) is 29.6 Å². The van der Waals surface area contributed by atoms with Gasteiger partial charge < -0.3 is 40.0 Å². The van der Waals surface area contributed by atoms with E-state index in [4.69, 9.17) is 24.7 Å². The van der Waals surface area contributed by atoms with Crippen LogP contribution in [0.5, 0.6) is 5.75 Å². The van der Waals surface area contributed by atoms with Crippen LogP contribution >= 0.6 is 0 Å². The van der Waals surface area contributed by atoms with E-state index in [1.54, 1.807) is 49.9 Å². The van der Waals surface area contributed by atoms with Crippen LogP contribution < -0.4 is 15.8 Å². The molecular formula is C31H48N4O9. The quantitative estimate of drug-likeness (QED) is 0.167. The molecule has 0 saturated carbocycles. The zero-order valence-electron chi connectivity index (χ0n) is 26.7. The molecule has 2 aliphatic rings. The standard InChI is InChI=1S/C31H48N4O9/c1-29(2,3)43-25(36)24(34-16-13-33-14-17-34)8-7-15-35-19-23(42-28(35)40)20-41-22-11-9-21(10-12-22)18-31(32,26(37)38)27(39)44-30(4,5)6/h9-12,23-24,33H,7-8,13-20,32H2,1-6H3,(H,37,38). The van der Waals surface area contributed by atoms with Crippen LogP contribution in [0.15, 0.2) is 24.3 Å². The molecule has 13 heteroatoms. The van der Waals surface area contributed by atoms with Crippen LogP contribution in [0.25, 0.3) is 0 Å². The number of esters is 2. The average Bonchev–Trinajstić information content (AvgIpc) is 3.28. The van der Waals surface area contributed by atoms with Gasteiger partial charge in [0.15, 0.2) is 6.10 Å². The Morgan fingerprint density at radius 3 is 2.23 bits per heavy atom. The van der Waals surface area contributed by atoms with Crippen molar-refractivity contribution in [2.24, 2.45) is 5.73 Å². The molecule has 2 heterocycles. The Morgan fingerprint density at radius 2 is 1.66 bits per heavy atom. The molecule has 3 unspecified atom stereocenters. The molecule has 0 radical (unpaired) electrons. The maximum Gasteiger partial charge on any atom is 0.410 e. The molecule has 2 aliphatic heterocycles. The molecule has 1 aromatic rings. The fraction of sp³-hybridized carbons (Fsp3) is 0.677. The first kappa shape index (κ1) is 35.1. The molecule has 3 atom stereocenters. The van der Waals surface area contributed by atoms with Gasteiger partial charge in [0.2, 0.25) is 5.54 Å². The lowest BCUT2D eigenvalue weighted by Gasteiger charge is -2.35. The van der Waals surface area contributed by atoms with Crippen molar-refractivity contribution in [1.82, 2.24) is 15.1 Å². The number of piperazine rings is 1. The summed E-state index contributed by atoms with van der Waals surface area (Å²) in [5.74, 6) is -2.27. The van der Waals surface area contributed by atoms with Gasteiger partial charge in [-0.3, -0.25) is 9.69 Å². The number of cyclic esters (lactones) is 1. The Morgan fingerprint density at radius 1 is 1.05 bits per heavy atom. The average molecular weight is 621 g/mol. The first-order chi connectivity index (χ1) is 20.5. The number of carboxylic acids is 1. The van der Waals surface area contributed by atoms with E-state index in [0.717, 1.165) is 26.2 Å². The number of hydrogen-bond donors (Lipinski definition) is 3. The number of amides is 1. The Hall–Kier alpha value is -3.42. The number of nitrogens with one attached hydrogen (secondary N) is 1. The van der Waals surface area contributed by atoms with Gasteiger partial charge >= 0.3 is 24.0 Å². The Kier molecular flexibility index (Phi) is 11.6. The zero-order chi connectivity index (χ0) is 32.7. The third kappa shape index (κ3) is 10.3. The smallest absolute Gasteiger partial charge is 0.410 e. The SMILES string of the molecule is CC(C)(C)OC(=O)C(CCCN1CC(COc2ccc(CC(N)(C(=O)O)C(=O)OC(C)(C)C)cc2)OC1=O)N1CCNCC1. The van der Waals surface area contributed by atoms with Gasteiger partial charge in [-0.2, -0.15) is 0 Å². The van der Waals surface area contributed by atoms with E-state index in [1.165, 1.54) is 0 Å². The van der Waals surface area contributed by atoms with Gasteiger partial charge in [0.25, 0.3) is 0 Å². The molecule has 0 bridgehead atoms. The Balaban J connectivity index is 1.49. The van der Waals surface area contributed by atoms with Crippen LogP contribution in [-0.4, -0.2) is 114 Å². The van der Waals surface area contributed by atoms with Gasteiger partial charge in [-0.15, -0.1) is 0 Å². The monoisotopic (exact) mass is 620 g/mol. The van der Waals surface area contributed by atoms with Crippen LogP contribution in [0.2, 0.25) is 0 Å². The minimum absolute atomic E-state index is 0.122. The van der Waals surface area contributed by atoms with Crippen molar-refractivity contribution in [2.75, 3.05) is 45.9 Å². The molecular weight excluding hydrogens is 572 g/mol. The summed E-state index contributed by atoms with van der Waals surface area (Å²) in [6, 6.07) is 6.14. The molecule has 13 nitrogen and oxygen atoms in total. The second-order valence-corrected chi connectivity index (χ2v) is 13.3. The Bertz CT molecular complexity index is 1160. The second kappa shape index (κ2) is 14.6. The summed E-state index contributed by atoms with van der Waals surface area (Å²) in [4.78, 5) is 53.6. The highest BCUT2D eigenvalue weighted by Gasteiger charge is 2.45. The lowest BCUT2D eigenvalue weighted by atomic mass is 9.91. The summed E-state index contributed by atoms with van der Waals surface area (Å²) >= 11 is 0. The maximum atomic E-state index is 13.0. The van der Waals surface area contributed by atoms with Crippen LogP contribution in [0.1, 0.15) is 59.9 Å². The maximum absolute atomic E-state index is 13.0. The number of rotatable bonds is 13. The fourth-order valence-corrected chi connectivity index (χ4v) is 4.95.